The van der Waals surface area contributed by atoms with E-state index in [-0.39, 0.29) is 25.3 Å². The van der Waals surface area contributed by atoms with Gasteiger partial charge in [-0.05, 0) is 56.9 Å². The van der Waals surface area contributed by atoms with Gasteiger partial charge < -0.3 is 20.4 Å². The SMILES string of the molecule is [N-]=[N+]=NCCC(O)CCC(O)CCC(O)CCC(O)CCC(=O)NN. The van der Waals surface area contributed by atoms with Gasteiger partial charge in [0.15, 0.2) is 0 Å². The Morgan fingerprint density at radius 1 is 0.880 bits per heavy atom. The lowest BCUT2D eigenvalue weighted by Gasteiger charge is -2.17. The second kappa shape index (κ2) is 14.9. The molecule has 0 aliphatic heterocycles. The third kappa shape index (κ3) is 14.6. The number of nitrogens with one attached hydrogen (secondary N) is 1. The van der Waals surface area contributed by atoms with Crippen molar-refractivity contribution in [1.29, 1.82) is 0 Å². The van der Waals surface area contributed by atoms with Gasteiger partial charge in [-0.3, -0.25) is 10.2 Å². The van der Waals surface area contributed by atoms with Crippen LogP contribution in [-0.4, -0.2) is 57.3 Å². The van der Waals surface area contributed by atoms with Crippen LogP contribution in [0.25, 0.3) is 10.4 Å². The predicted octanol–water partition coefficient (Wildman–Crippen LogP) is 0.241. The zero-order chi connectivity index (χ0) is 19.1. The molecule has 0 aromatic carbocycles. The van der Waals surface area contributed by atoms with Gasteiger partial charge in [0.25, 0.3) is 0 Å². The Labute approximate surface area is 147 Å². The van der Waals surface area contributed by atoms with Crippen LogP contribution in [0.2, 0.25) is 0 Å². The van der Waals surface area contributed by atoms with Crippen molar-refractivity contribution in [1.82, 2.24) is 5.43 Å². The summed E-state index contributed by atoms with van der Waals surface area (Å²) in [6.45, 7) is 0.224. The first kappa shape index (κ1) is 23.6. The normalized spacial score (nSPS) is 15.7. The van der Waals surface area contributed by atoms with E-state index in [4.69, 9.17) is 11.4 Å². The monoisotopic (exact) mass is 361 g/mol. The van der Waals surface area contributed by atoms with Crippen LogP contribution in [0.15, 0.2) is 5.11 Å². The number of azide groups is 1. The number of amides is 1. The minimum atomic E-state index is -0.678. The first-order chi connectivity index (χ1) is 11.9. The van der Waals surface area contributed by atoms with Crippen molar-refractivity contribution >= 4 is 5.91 Å². The van der Waals surface area contributed by atoms with E-state index in [1.165, 1.54) is 0 Å². The molecule has 0 bridgehead atoms. The number of carbonyl (C=O) groups excluding carboxylic acids is 1. The second-order valence-corrected chi connectivity index (χ2v) is 6.20. The molecule has 0 heterocycles. The van der Waals surface area contributed by atoms with E-state index in [1.807, 2.05) is 5.43 Å². The quantitative estimate of drug-likeness (QED) is 0.0605. The highest BCUT2D eigenvalue weighted by Crippen LogP contribution is 2.14. The number of nitrogens with two attached hydrogens (primary N) is 1. The van der Waals surface area contributed by atoms with Gasteiger partial charge >= 0.3 is 0 Å². The average molecular weight is 361 g/mol. The van der Waals surface area contributed by atoms with Crippen LogP contribution < -0.4 is 11.3 Å². The third-order valence-corrected chi connectivity index (χ3v) is 3.99. The zero-order valence-corrected chi connectivity index (χ0v) is 14.5. The summed E-state index contributed by atoms with van der Waals surface area (Å²) in [6, 6.07) is 0. The van der Waals surface area contributed by atoms with Crippen LogP contribution in [0.1, 0.15) is 57.8 Å². The predicted molar refractivity (Wildman–Crippen MR) is 91.9 cm³/mol. The molecule has 0 radical (unpaired) electrons. The molecule has 4 unspecified atom stereocenters. The molecular formula is C15H31N5O5. The van der Waals surface area contributed by atoms with Gasteiger partial charge in [-0.2, -0.15) is 0 Å². The van der Waals surface area contributed by atoms with Gasteiger partial charge in [-0.15, -0.1) is 0 Å². The number of hydrogen-bond acceptors (Lipinski definition) is 7. The van der Waals surface area contributed by atoms with Crippen molar-refractivity contribution in [3.8, 4) is 0 Å². The summed E-state index contributed by atoms with van der Waals surface area (Å²) in [5.41, 5.74) is 10.1. The largest absolute Gasteiger partial charge is 0.393 e. The molecule has 0 aliphatic carbocycles. The number of aliphatic hydroxyl groups is 4. The summed E-state index contributed by atoms with van der Waals surface area (Å²) in [6.07, 6.45) is 0.571. The Morgan fingerprint density at radius 2 is 1.28 bits per heavy atom. The smallest absolute Gasteiger partial charge is 0.233 e. The highest BCUT2D eigenvalue weighted by molar-refractivity contribution is 5.75. The van der Waals surface area contributed by atoms with Crippen LogP contribution in [0.5, 0.6) is 0 Å². The van der Waals surface area contributed by atoms with Gasteiger partial charge in [-0.25, -0.2) is 5.84 Å². The number of carbonyl (C=O) groups is 1. The average Bonchev–Trinajstić information content (AvgIpc) is 2.60. The van der Waals surface area contributed by atoms with E-state index in [0.717, 1.165) is 0 Å². The number of aliphatic hydroxyl groups excluding tert-OH is 4. The van der Waals surface area contributed by atoms with Crippen molar-refractivity contribution in [2.24, 2.45) is 11.0 Å². The lowest BCUT2D eigenvalue weighted by Crippen LogP contribution is -2.30. The van der Waals surface area contributed by atoms with Crippen LogP contribution in [0.3, 0.4) is 0 Å². The minimum absolute atomic E-state index is 0.133. The Kier molecular flexibility index (Phi) is 14.0. The molecule has 0 aromatic rings. The molecule has 146 valence electrons. The molecule has 4 atom stereocenters. The Balaban J connectivity index is 3.73. The molecule has 10 heteroatoms. The van der Waals surface area contributed by atoms with Gasteiger partial charge in [0.2, 0.25) is 5.91 Å². The van der Waals surface area contributed by atoms with Crippen LogP contribution in [-0.2, 0) is 4.79 Å². The van der Waals surface area contributed by atoms with Crippen LogP contribution in [0, 0.1) is 0 Å². The van der Waals surface area contributed by atoms with Crippen molar-refractivity contribution in [3.63, 3.8) is 0 Å². The maximum Gasteiger partial charge on any atom is 0.233 e. The molecule has 0 saturated heterocycles. The van der Waals surface area contributed by atoms with Gasteiger partial charge in [-0.1, -0.05) is 5.11 Å². The minimum Gasteiger partial charge on any atom is -0.393 e. The molecule has 1 amide bonds. The fourth-order valence-electron chi connectivity index (χ4n) is 2.35. The summed E-state index contributed by atoms with van der Waals surface area (Å²) >= 11 is 0. The van der Waals surface area contributed by atoms with Crippen LogP contribution >= 0.6 is 0 Å². The topological polar surface area (TPSA) is 185 Å². The molecule has 0 saturated carbocycles. The second-order valence-electron chi connectivity index (χ2n) is 6.20. The Morgan fingerprint density at radius 3 is 1.68 bits per heavy atom. The van der Waals surface area contributed by atoms with Gasteiger partial charge in [0.05, 0.1) is 24.4 Å². The first-order valence-electron chi connectivity index (χ1n) is 8.61. The summed E-state index contributed by atoms with van der Waals surface area (Å²) in [5, 5.41) is 42.4. The van der Waals surface area contributed by atoms with Crippen molar-refractivity contribution < 1.29 is 25.2 Å². The van der Waals surface area contributed by atoms with E-state index in [2.05, 4.69) is 10.0 Å². The molecule has 0 fully saturated rings. The highest BCUT2D eigenvalue weighted by atomic mass is 16.3. The zero-order valence-electron chi connectivity index (χ0n) is 14.5. The molecule has 0 aliphatic rings. The van der Waals surface area contributed by atoms with Crippen molar-refractivity contribution in [3.05, 3.63) is 10.4 Å². The maximum atomic E-state index is 11.0. The summed E-state index contributed by atoms with van der Waals surface area (Å²) in [5.74, 6) is 4.60. The van der Waals surface area contributed by atoms with E-state index >= 15 is 0 Å². The summed E-state index contributed by atoms with van der Waals surface area (Å²) in [4.78, 5) is 13.6. The van der Waals surface area contributed by atoms with Gasteiger partial charge in [0.1, 0.15) is 0 Å². The third-order valence-electron chi connectivity index (χ3n) is 3.99. The molecule has 7 N–H and O–H groups in total. The Hall–Kier alpha value is -1.42. The lowest BCUT2D eigenvalue weighted by molar-refractivity contribution is -0.121. The number of hydrogen-bond donors (Lipinski definition) is 6. The molecule has 0 rings (SSSR count). The number of rotatable bonds is 15. The molecule has 10 nitrogen and oxygen atoms in total. The molecule has 0 aromatic heterocycles. The molecular weight excluding hydrogens is 330 g/mol. The number of nitrogens with zero attached hydrogens (tertiary/aromatic N) is 3. The summed E-state index contributed by atoms with van der Waals surface area (Å²) in [7, 11) is 0. The van der Waals surface area contributed by atoms with Gasteiger partial charge in [0, 0.05) is 17.9 Å². The highest BCUT2D eigenvalue weighted by Gasteiger charge is 2.14. The van der Waals surface area contributed by atoms with E-state index in [9.17, 15) is 25.2 Å². The van der Waals surface area contributed by atoms with E-state index in [0.29, 0.717) is 44.9 Å². The van der Waals surface area contributed by atoms with Crippen molar-refractivity contribution in [2.45, 2.75) is 82.2 Å². The maximum absolute atomic E-state index is 11.0. The first-order valence-corrected chi connectivity index (χ1v) is 8.61. The fraction of sp³-hybridized carbons (Fsp3) is 0.933. The fourth-order valence-corrected chi connectivity index (χ4v) is 2.35. The lowest BCUT2D eigenvalue weighted by atomic mass is 9.99. The van der Waals surface area contributed by atoms with Crippen LogP contribution in [0.4, 0.5) is 0 Å². The molecule has 25 heavy (non-hydrogen) atoms. The number of hydrazine groups is 1. The summed E-state index contributed by atoms with van der Waals surface area (Å²) < 4.78 is 0. The van der Waals surface area contributed by atoms with E-state index < -0.39 is 24.4 Å². The van der Waals surface area contributed by atoms with E-state index in [1.54, 1.807) is 0 Å². The molecule has 0 spiro atoms. The standard InChI is InChI=1S/C15H31N5O5/c16-19-15(25)8-7-13(23)4-3-11(21)1-2-12(22)5-6-14(24)9-10-18-20-17/h11-14,21-24H,1-10,16H2,(H,19,25). The Bertz CT molecular complexity index is 406. The van der Waals surface area contributed by atoms with Crippen molar-refractivity contribution in [2.75, 3.05) is 6.54 Å².